The Kier molecular flexibility index (Phi) is 7.31. The molecule has 2 N–H and O–H groups in total. The van der Waals surface area contributed by atoms with Gasteiger partial charge in [0, 0.05) is 64.9 Å². The maximum absolute atomic E-state index is 14.7. The van der Waals surface area contributed by atoms with Crippen LogP contribution in [0.1, 0.15) is 42.9 Å². The zero-order valence-electron chi connectivity index (χ0n) is 22.6. The van der Waals surface area contributed by atoms with Gasteiger partial charge in [0.2, 0.25) is 11.8 Å². The Labute approximate surface area is 250 Å². The molecule has 2 aromatic carbocycles. The molecule has 6 rings (SSSR count). The molecule has 43 heavy (non-hydrogen) atoms. The molecule has 12 heteroatoms. The van der Waals surface area contributed by atoms with Gasteiger partial charge >= 0.3 is 0 Å². The zero-order valence-corrected chi connectivity index (χ0v) is 23.4. The Hall–Kier alpha value is -4.82. The first-order chi connectivity index (χ1) is 20.6. The predicted octanol–water partition coefficient (Wildman–Crippen LogP) is 5.27. The monoisotopic (exact) mass is 602 g/mol. The molecule has 1 saturated heterocycles. The van der Waals surface area contributed by atoms with Crippen molar-refractivity contribution in [1.29, 1.82) is 5.26 Å². The van der Waals surface area contributed by atoms with Gasteiger partial charge in [-0.15, -0.1) is 0 Å². The average molecular weight is 603 g/mol. The van der Waals surface area contributed by atoms with Crippen LogP contribution in [0.3, 0.4) is 0 Å². The van der Waals surface area contributed by atoms with E-state index in [0.717, 1.165) is 10.9 Å². The summed E-state index contributed by atoms with van der Waals surface area (Å²) in [5.74, 6) is -4.38. The number of halogens is 3. The number of H-pyrrole nitrogens is 1. The van der Waals surface area contributed by atoms with Crippen molar-refractivity contribution in [1.82, 2.24) is 15.3 Å². The molecular formula is C31H25ClF2N6O3. The van der Waals surface area contributed by atoms with Crippen molar-refractivity contribution >= 4 is 51.7 Å². The molecule has 3 amide bonds. The quantitative estimate of drug-likeness (QED) is 0.298. The van der Waals surface area contributed by atoms with E-state index in [9.17, 15) is 28.4 Å². The number of aromatic amines is 1. The van der Waals surface area contributed by atoms with Gasteiger partial charge in [-0.3, -0.25) is 24.2 Å². The van der Waals surface area contributed by atoms with Crippen LogP contribution in [-0.2, 0) is 14.4 Å². The van der Waals surface area contributed by atoms with Gasteiger partial charge in [0.15, 0.2) is 0 Å². The standard InChI is InChI=1S/C31H25ClF2N6O3/c32-23-4-2-1-3-22(23)28(29(42)38-20-15-31(33,34)16-20)39(21-5-6-24-19(14-21)10-12-36-24)30(43)25-7-8-27(41)40(25)26-13-18(17-35)9-11-37-26/h1-6,9-14,20,25,28,36H,7-8,15-16H2,(H,38,42). The lowest BCUT2D eigenvalue weighted by molar-refractivity contribution is -0.133. The second-order valence-corrected chi connectivity index (χ2v) is 11.1. The maximum Gasteiger partial charge on any atom is 0.252 e. The lowest BCUT2D eigenvalue weighted by Gasteiger charge is -2.39. The van der Waals surface area contributed by atoms with Crippen LogP contribution < -0.4 is 15.1 Å². The minimum Gasteiger partial charge on any atom is -0.361 e. The van der Waals surface area contributed by atoms with Crippen LogP contribution in [0.25, 0.3) is 10.9 Å². The van der Waals surface area contributed by atoms with Crippen molar-refractivity contribution in [2.45, 2.75) is 49.7 Å². The molecule has 2 aromatic heterocycles. The second kappa shape index (κ2) is 11.1. The van der Waals surface area contributed by atoms with Crippen LogP contribution in [0.2, 0.25) is 5.02 Å². The number of nitriles is 1. The Morgan fingerprint density at radius 2 is 1.95 bits per heavy atom. The Morgan fingerprint density at radius 1 is 1.16 bits per heavy atom. The summed E-state index contributed by atoms with van der Waals surface area (Å²) in [4.78, 5) is 51.7. The van der Waals surface area contributed by atoms with E-state index in [-0.39, 0.29) is 40.7 Å². The van der Waals surface area contributed by atoms with E-state index >= 15 is 0 Å². The molecule has 3 heterocycles. The Bertz CT molecular complexity index is 1780. The number of carbonyl (C=O) groups excluding carboxylic acids is 3. The average Bonchev–Trinajstić information content (AvgIpc) is 3.61. The van der Waals surface area contributed by atoms with Gasteiger partial charge in [0.1, 0.15) is 17.9 Å². The van der Waals surface area contributed by atoms with E-state index < -0.39 is 48.7 Å². The third kappa shape index (κ3) is 5.42. The number of amides is 3. The van der Waals surface area contributed by atoms with Gasteiger partial charge in [-0.2, -0.15) is 5.26 Å². The number of nitrogens with one attached hydrogen (secondary N) is 2. The number of hydrogen-bond acceptors (Lipinski definition) is 5. The predicted molar refractivity (Wildman–Crippen MR) is 156 cm³/mol. The van der Waals surface area contributed by atoms with Gasteiger partial charge in [-0.05, 0) is 48.9 Å². The number of alkyl halides is 2. The SMILES string of the molecule is N#Cc1ccnc(N2C(=O)CCC2C(=O)N(c2ccc3[nH]ccc3c2)C(C(=O)NC2CC(F)(F)C2)c2ccccc2Cl)c1. The topological polar surface area (TPSA) is 122 Å². The lowest BCUT2D eigenvalue weighted by Crippen LogP contribution is -2.56. The van der Waals surface area contributed by atoms with Crippen molar-refractivity contribution in [3.8, 4) is 6.07 Å². The minimum atomic E-state index is -2.87. The highest BCUT2D eigenvalue weighted by Crippen LogP contribution is 2.40. The van der Waals surface area contributed by atoms with E-state index in [1.54, 1.807) is 48.7 Å². The molecule has 0 spiro atoms. The summed E-state index contributed by atoms with van der Waals surface area (Å²) in [6, 6.07) is 15.2. The van der Waals surface area contributed by atoms with Crippen molar-refractivity contribution in [3.63, 3.8) is 0 Å². The number of fused-ring (bicyclic) bond motifs is 1. The number of aromatic nitrogens is 2. The third-order valence-electron chi connectivity index (χ3n) is 7.81. The minimum absolute atomic E-state index is 0.0413. The largest absolute Gasteiger partial charge is 0.361 e. The van der Waals surface area contributed by atoms with Crippen LogP contribution >= 0.6 is 11.6 Å². The Morgan fingerprint density at radius 3 is 2.70 bits per heavy atom. The van der Waals surface area contributed by atoms with E-state index in [2.05, 4.69) is 15.3 Å². The number of carbonyl (C=O) groups is 3. The second-order valence-electron chi connectivity index (χ2n) is 10.7. The smallest absolute Gasteiger partial charge is 0.252 e. The third-order valence-corrected chi connectivity index (χ3v) is 8.16. The van der Waals surface area contributed by atoms with E-state index in [0.29, 0.717) is 5.69 Å². The first-order valence-corrected chi connectivity index (χ1v) is 14.0. The van der Waals surface area contributed by atoms with Crippen LogP contribution in [0, 0.1) is 11.3 Å². The molecule has 1 aliphatic heterocycles. The van der Waals surface area contributed by atoms with Crippen molar-refractivity contribution in [3.05, 3.63) is 89.2 Å². The van der Waals surface area contributed by atoms with Gasteiger partial charge in [-0.25, -0.2) is 13.8 Å². The molecule has 2 fully saturated rings. The number of nitrogens with zero attached hydrogens (tertiary/aromatic N) is 4. The van der Waals surface area contributed by atoms with Gasteiger partial charge in [-0.1, -0.05) is 29.8 Å². The summed E-state index contributed by atoms with van der Waals surface area (Å²) in [7, 11) is 0. The summed E-state index contributed by atoms with van der Waals surface area (Å²) >= 11 is 6.60. The molecule has 9 nitrogen and oxygen atoms in total. The molecule has 4 aromatic rings. The van der Waals surface area contributed by atoms with Crippen LogP contribution in [0.4, 0.5) is 20.3 Å². The molecule has 2 unspecified atom stereocenters. The summed E-state index contributed by atoms with van der Waals surface area (Å²) in [6.45, 7) is 0. The molecule has 2 atom stereocenters. The number of pyridine rings is 1. The molecule has 1 aliphatic carbocycles. The van der Waals surface area contributed by atoms with Crippen LogP contribution in [0.5, 0.6) is 0 Å². The maximum atomic E-state index is 14.7. The van der Waals surface area contributed by atoms with E-state index in [1.807, 2.05) is 12.1 Å². The number of benzene rings is 2. The van der Waals surface area contributed by atoms with Gasteiger partial charge in [0.25, 0.3) is 11.8 Å². The van der Waals surface area contributed by atoms with Crippen LogP contribution in [-0.4, -0.2) is 45.7 Å². The van der Waals surface area contributed by atoms with E-state index in [1.165, 1.54) is 28.1 Å². The molecule has 2 aliphatic rings. The summed E-state index contributed by atoms with van der Waals surface area (Å²) < 4.78 is 27.4. The van der Waals surface area contributed by atoms with E-state index in [4.69, 9.17) is 11.6 Å². The highest BCUT2D eigenvalue weighted by molar-refractivity contribution is 6.31. The Balaban J connectivity index is 1.47. The number of rotatable bonds is 7. The fourth-order valence-corrected chi connectivity index (χ4v) is 5.96. The zero-order chi connectivity index (χ0) is 30.3. The highest BCUT2D eigenvalue weighted by atomic mass is 35.5. The summed E-state index contributed by atoms with van der Waals surface area (Å²) in [6.07, 6.45) is 2.27. The van der Waals surface area contributed by atoms with Crippen LogP contribution in [0.15, 0.2) is 73.1 Å². The fourth-order valence-electron chi connectivity index (χ4n) is 5.72. The molecule has 0 bridgehead atoms. The number of hydrogen-bond donors (Lipinski definition) is 2. The lowest BCUT2D eigenvalue weighted by atomic mass is 9.87. The highest BCUT2D eigenvalue weighted by Gasteiger charge is 2.48. The van der Waals surface area contributed by atoms with Gasteiger partial charge < -0.3 is 10.3 Å². The normalized spacial score (nSPS) is 18.6. The van der Waals surface area contributed by atoms with Crippen molar-refractivity contribution in [2.24, 2.45) is 0 Å². The van der Waals surface area contributed by atoms with Crippen molar-refractivity contribution < 1.29 is 23.2 Å². The summed E-state index contributed by atoms with van der Waals surface area (Å²) in [5, 5.41) is 13.0. The molecule has 0 radical (unpaired) electrons. The number of anilines is 2. The molecule has 218 valence electrons. The molecular weight excluding hydrogens is 578 g/mol. The van der Waals surface area contributed by atoms with Gasteiger partial charge in [0.05, 0.1) is 11.6 Å². The fraction of sp³-hybridized carbons (Fsp3) is 0.258. The first kappa shape index (κ1) is 28.3. The first-order valence-electron chi connectivity index (χ1n) is 13.7. The van der Waals surface area contributed by atoms with Crippen molar-refractivity contribution in [2.75, 3.05) is 9.80 Å². The summed E-state index contributed by atoms with van der Waals surface area (Å²) in [5.41, 5.74) is 1.68. The molecule has 1 saturated carbocycles.